The summed E-state index contributed by atoms with van der Waals surface area (Å²) < 4.78 is 13.5. The minimum atomic E-state index is -2.62. The number of hydrogen-bond acceptors (Lipinski definition) is 5. The first kappa shape index (κ1) is 23.3. The first-order valence-corrected chi connectivity index (χ1v) is 3.89. The molecule has 0 radical (unpaired) electrons. The van der Waals surface area contributed by atoms with E-state index < -0.39 is 8.60 Å². The van der Waals surface area contributed by atoms with Crippen molar-refractivity contribution in [3.63, 3.8) is 0 Å². The van der Waals surface area contributed by atoms with Gasteiger partial charge in [-0.25, -0.2) is 4.57 Å². The SMILES string of the molecule is CCOP=O.OP(O)O.[NaH].[NaH]. The molecule has 60 valence electrons. The van der Waals surface area contributed by atoms with Gasteiger partial charge in [-0.1, -0.05) is 0 Å². The molecule has 0 aliphatic heterocycles. The molecule has 0 aliphatic carbocycles. The minimum absolute atomic E-state index is 0. The van der Waals surface area contributed by atoms with Crippen molar-refractivity contribution in [3.8, 4) is 0 Å². The van der Waals surface area contributed by atoms with Gasteiger partial charge in [0, 0.05) is 0 Å². The van der Waals surface area contributed by atoms with Crippen LogP contribution in [0.25, 0.3) is 0 Å². The van der Waals surface area contributed by atoms with Crippen molar-refractivity contribution in [3.05, 3.63) is 0 Å². The zero-order chi connectivity index (χ0) is 7.70. The molecule has 11 heavy (non-hydrogen) atoms. The van der Waals surface area contributed by atoms with Crippen LogP contribution in [0.15, 0.2) is 0 Å². The second kappa shape index (κ2) is 22.8. The Balaban J connectivity index is -0.0000000383. The van der Waals surface area contributed by atoms with E-state index in [0.29, 0.717) is 6.61 Å². The third kappa shape index (κ3) is 69.7. The molecule has 0 saturated carbocycles. The van der Waals surface area contributed by atoms with Crippen molar-refractivity contribution in [1.82, 2.24) is 0 Å². The van der Waals surface area contributed by atoms with E-state index in [-0.39, 0.29) is 67.8 Å². The topological polar surface area (TPSA) is 87.0 Å². The molecule has 0 rings (SSSR count). The van der Waals surface area contributed by atoms with E-state index in [2.05, 4.69) is 4.52 Å². The molecule has 3 N–H and O–H groups in total. The molecule has 0 unspecified atom stereocenters. The van der Waals surface area contributed by atoms with Gasteiger partial charge in [-0.15, -0.1) is 0 Å². The second-order valence-electron chi connectivity index (χ2n) is 0.761. The van der Waals surface area contributed by atoms with Gasteiger partial charge >= 0.3 is 76.4 Å². The van der Waals surface area contributed by atoms with Gasteiger partial charge in [0.1, 0.15) is 0 Å². The van der Waals surface area contributed by atoms with Gasteiger partial charge in [0.25, 0.3) is 0 Å². The first-order valence-electron chi connectivity index (χ1n) is 1.96. The average Bonchev–Trinajstić information content (AvgIpc) is 1.66. The van der Waals surface area contributed by atoms with E-state index in [1.54, 1.807) is 6.92 Å². The monoisotopic (exact) mass is 222 g/mol. The molecule has 0 spiro atoms. The molecule has 0 aromatic heterocycles. The van der Waals surface area contributed by atoms with Gasteiger partial charge in [0.15, 0.2) is 0 Å². The molecule has 0 fully saturated rings. The van der Waals surface area contributed by atoms with Crippen molar-refractivity contribution in [2.45, 2.75) is 6.92 Å². The van der Waals surface area contributed by atoms with Crippen LogP contribution in [-0.4, -0.2) is 80.4 Å². The average molecular weight is 222 g/mol. The van der Waals surface area contributed by atoms with Crippen LogP contribution in [0.5, 0.6) is 0 Å². The summed E-state index contributed by atoms with van der Waals surface area (Å²) in [6, 6.07) is 0. The molecule has 0 aliphatic rings. The van der Waals surface area contributed by atoms with Crippen molar-refractivity contribution in [1.29, 1.82) is 0 Å². The van der Waals surface area contributed by atoms with Gasteiger partial charge in [-0.05, 0) is 6.92 Å². The summed E-state index contributed by atoms with van der Waals surface area (Å²) in [5, 5.41) is 0. The summed E-state index contributed by atoms with van der Waals surface area (Å²) >= 11 is 0. The Morgan fingerprint density at radius 2 is 1.64 bits per heavy atom. The van der Waals surface area contributed by atoms with Crippen LogP contribution in [0.4, 0.5) is 0 Å². The van der Waals surface area contributed by atoms with Crippen LogP contribution in [-0.2, 0) is 9.09 Å². The summed E-state index contributed by atoms with van der Waals surface area (Å²) in [5.41, 5.74) is 0. The van der Waals surface area contributed by atoms with E-state index in [1.807, 2.05) is 0 Å². The van der Waals surface area contributed by atoms with Crippen molar-refractivity contribution in [2.24, 2.45) is 0 Å². The Morgan fingerprint density at radius 3 is 1.64 bits per heavy atom. The van der Waals surface area contributed by atoms with Crippen LogP contribution in [0, 0.1) is 0 Å². The molecule has 0 saturated heterocycles. The van der Waals surface area contributed by atoms with Crippen LogP contribution in [0.1, 0.15) is 6.92 Å². The molecule has 0 aromatic rings. The standard InChI is InChI=1S/C2H5O2P.2Na.H3O3P.2H/c1-2-4-5-3;;;1-4(2)3;;/h2H2,1H3;;;1-3H;;. The number of hydrogen-bond donors (Lipinski definition) is 3. The van der Waals surface area contributed by atoms with Crippen molar-refractivity contribution >= 4 is 76.4 Å². The number of rotatable bonds is 2. The van der Waals surface area contributed by atoms with Crippen LogP contribution in [0.2, 0.25) is 0 Å². The predicted octanol–water partition coefficient (Wildman–Crippen LogP) is -0.877. The van der Waals surface area contributed by atoms with Gasteiger partial charge in [0.2, 0.25) is 0 Å². The van der Waals surface area contributed by atoms with Crippen LogP contribution < -0.4 is 0 Å². The third-order valence-electron chi connectivity index (χ3n) is 0.182. The zero-order valence-electron chi connectivity index (χ0n) is 4.76. The summed E-state index contributed by atoms with van der Waals surface area (Å²) in [4.78, 5) is 21.7. The maximum absolute atomic E-state index is 9.28. The molecule has 0 atom stereocenters. The quantitative estimate of drug-likeness (QED) is 0.417. The van der Waals surface area contributed by atoms with E-state index in [4.69, 9.17) is 14.7 Å². The van der Waals surface area contributed by atoms with E-state index in [1.165, 1.54) is 0 Å². The molecule has 0 amide bonds. The van der Waals surface area contributed by atoms with E-state index in [9.17, 15) is 4.57 Å². The molecule has 5 nitrogen and oxygen atoms in total. The van der Waals surface area contributed by atoms with Crippen LogP contribution in [0.3, 0.4) is 0 Å². The van der Waals surface area contributed by atoms with Crippen LogP contribution >= 0.6 is 17.3 Å². The fourth-order valence-electron chi connectivity index (χ4n) is 0.0527. The molecule has 9 heteroatoms. The predicted molar refractivity (Wildman–Crippen MR) is 47.1 cm³/mol. The summed E-state index contributed by atoms with van der Waals surface area (Å²) in [7, 11) is -2.84. The first-order chi connectivity index (χ1) is 4.15. The molecule has 0 bridgehead atoms. The van der Waals surface area contributed by atoms with Gasteiger partial charge in [-0.3, -0.25) is 4.52 Å². The second-order valence-corrected chi connectivity index (χ2v) is 1.70. The maximum atomic E-state index is 9.28. The fraction of sp³-hybridized carbons (Fsp3) is 1.00. The molecule has 0 aromatic carbocycles. The Bertz CT molecular complexity index is 61.7. The van der Waals surface area contributed by atoms with Crippen molar-refractivity contribution < 1.29 is 23.8 Å². The Labute approximate surface area is 112 Å². The zero-order valence-corrected chi connectivity index (χ0v) is 6.55. The van der Waals surface area contributed by atoms with Gasteiger partial charge in [0.05, 0.1) is 6.61 Å². The third-order valence-corrected chi connectivity index (χ3v) is 0.545. The Morgan fingerprint density at radius 1 is 1.36 bits per heavy atom. The Hall–Kier alpha value is 2.37. The van der Waals surface area contributed by atoms with E-state index in [0.717, 1.165) is 0 Å². The summed E-state index contributed by atoms with van der Waals surface area (Å²) in [5.74, 6) is 0. The van der Waals surface area contributed by atoms with Gasteiger partial charge < -0.3 is 14.7 Å². The van der Waals surface area contributed by atoms with Crippen molar-refractivity contribution in [2.75, 3.05) is 6.61 Å². The molecular formula is C2H10Na2O5P2. The molecule has 0 heterocycles. The summed E-state index contributed by atoms with van der Waals surface area (Å²) in [6.07, 6.45) is 0. The summed E-state index contributed by atoms with van der Waals surface area (Å²) in [6.45, 7) is 2.30. The molecular weight excluding hydrogens is 212 g/mol. The normalized spacial score (nSPS) is 7.36. The van der Waals surface area contributed by atoms with Gasteiger partial charge in [-0.2, -0.15) is 0 Å². The van der Waals surface area contributed by atoms with E-state index >= 15 is 0 Å². The Kier molecular flexibility index (Phi) is 48.4. The fourth-order valence-corrected chi connectivity index (χ4v) is 0.158.